The zero-order valence-electron chi connectivity index (χ0n) is 9.85. The van der Waals surface area contributed by atoms with Gasteiger partial charge < -0.3 is 0 Å². The average molecular weight is 364 g/mol. The number of benzene rings is 1. The van der Waals surface area contributed by atoms with Crippen LogP contribution in [0.4, 0.5) is 0 Å². The van der Waals surface area contributed by atoms with Crippen molar-refractivity contribution in [2.75, 3.05) is 10.7 Å². The number of sulfone groups is 1. The molecular weight excluding hydrogens is 349 g/mol. The Labute approximate surface area is 113 Å². The van der Waals surface area contributed by atoms with E-state index in [2.05, 4.69) is 11.0 Å². The average Bonchev–Trinajstić information content (AvgIpc) is 2.36. The van der Waals surface area contributed by atoms with Crippen molar-refractivity contribution in [3.8, 4) is 6.07 Å². The molecule has 0 aliphatic heterocycles. The van der Waals surface area contributed by atoms with Crippen molar-refractivity contribution in [1.82, 2.24) is 0 Å². The molecule has 0 aliphatic rings. The Hall–Kier alpha value is -0.610. The van der Waals surface area contributed by atoms with E-state index < -0.39 is 9.84 Å². The molecule has 1 rings (SSSR count). The molecule has 0 saturated heterocycles. The maximum atomic E-state index is 11.8. The summed E-state index contributed by atoms with van der Waals surface area (Å²) in [6.45, 7) is 1.64. The molecule has 0 heterocycles. The van der Waals surface area contributed by atoms with Crippen molar-refractivity contribution in [3.05, 3.63) is 29.8 Å². The Morgan fingerprint density at radius 2 is 2.18 bits per heavy atom. The van der Waals surface area contributed by atoms with Crippen LogP contribution in [0.25, 0.3) is 0 Å². The minimum atomic E-state index is -3.15. The first-order chi connectivity index (χ1) is 8.05. The molecule has 1 atom stereocenters. The van der Waals surface area contributed by atoms with E-state index in [0.29, 0.717) is 11.3 Å². The van der Waals surface area contributed by atoms with E-state index in [1.165, 1.54) is 0 Å². The van der Waals surface area contributed by atoms with Gasteiger partial charge in [-0.05, 0) is 0 Å². The molecule has 17 heavy (non-hydrogen) atoms. The Morgan fingerprint density at radius 3 is 2.71 bits per heavy atom. The maximum absolute atomic E-state index is 11.8. The van der Waals surface area contributed by atoms with E-state index in [0.717, 1.165) is 5.56 Å². The molecule has 94 valence electrons. The molecule has 0 bridgehead atoms. The summed E-state index contributed by atoms with van der Waals surface area (Å²) < 4.78 is 23.8. The van der Waals surface area contributed by atoms with Gasteiger partial charge >= 0.3 is 113 Å². The number of hydrogen-bond acceptors (Lipinski definition) is 3. The van der Waals surface area contributed by atoms with E-state index in [1.54, 1.807) is 25.1 Å². The molecule has 1 aromatic rings. The summed E-state index contributed by atoms with van der Waals surface area (Å²) in [4.78, 5) is 2.49. The number of rotatable bonds is 5. The van der Waals surface area contributed by atoms with Crippen LogP contribution in [0.15, 0.2) is 29.2 Å². The number of nitriles is 1. The molecule has 1 aromatic carbocycles. The normalized spacial score (nSPS) is 13.2. The van der Waals surface area contributed by atoms with E-state index in [-0.39, 0.29) is 30.9 Å². The number of hydrogen-bond donors (Lipinski definition) is 0. The van der Waals surface area contributed by atoms with Crippen LogP contribution >= 0.6 is 0 Å². The van der Waals surface area contributed by atoms with Crippen molar-refractivity contribution in [2.24, 2.45) is 0 Å². The Kier molecular flexibility index (Phi) is 5.40. The fraction of sp³-hybridized carbons (Fsp3) is 0.417. The predicted octanol–water partition coefficient (Wildman–Crippen LogP) is -0.846. The van der Waals surface area contributed by atoms with Gasteiger partial charge in [-0.15, -0.1) is 0 Å². The third-order valence-corrected chi connectivity index (χ3v) is 6.89. The quantitative estimate of drug-likeness (QED) is 0.506. The second-order valence-corrected chi connectivity index (χ2v) is 8.55. The number of nitrogens with zero attached hydrogens (tertiary/aromatic N) is 1. The standard InChI is InChI=1S/C12H15INO2S/c1-3-17(15,16)11-6-4-5-10(9-11)12(13-2)7-8-14/h4-6,9,12H,3,7H2,1-2H3/q-1. The van der Waals surface area contributed by atoms with Gasteiger partial charge in [0.2, 0.25) is 0 Å². The molecule has 3 nitrogen and oxygen atoms in total. The minimum absolute atomic E-state index is 0.112. The predicted molar refractivity (Wildman–Crippen MR) is 63.1 cm³/mol. The Bertz CT molecular complexity index is 520. The third-order valence-electron chi connectivity index (χ3n) is 2.49. The van der Waals surface area contributed by atoms with E-state index in [4.69, 9.17) is 5.26 Å². The van der Waals surface area contributed by atoms with Gasteiger partial charge in [-0.25, -0.2) is 0 Å². The molecule has 1 unspecified atom stereocenters. The van der Waals surface area contributed by atoms with Crippen LogP contribution < -0.4 is 21.2 Å². The molecular formula is C12H15INO2S-. The summed E-state index contributed by atoms with van der Waals surface area (Å²) in [6, 6.07) is 9.20. The van der Waals surface area contributed by atoms with Crippen molar-refractivity contribution in [2.45, 2.75) is 22.2 Å². The van der Waals surface area contributed by atoms with Gasteiger partial charge in [-0.1, -0.05) is 0 Å². The molecule has 0 spiro atoms. The third kappa shape index (κ3) is 3.68. The second kappa shape index (κ2) is 6.36. The molecule has 0 aromatic heterocycles. The van der Waals surface area contributed by atoms with Crippen LogP contribution in [0, 0.1) is 11.3 Å². The van der Waals surface area contributed by atoms with Gasteiger partial charge in [-0.2, -0.15) is 0 Å². The summed E-state index contributed by atoms with van der Waals surface area (Å²) in [7, 11) is -3.15. The summed E-state index contributed by atoms with van der Waals surface area (Å²) in [5.41, 5.74) is 0.983. The summed E-state index contributed by atoms with van der Waals surface area (Å²) in [5, 5.41) is 8.75. The van der Waals surface area contributed by atoms with E-state index in [9.17, 15) is 8.42 Å². The van der Waals surface area contributed by atoms with Crippen LogP contribution in [0.3, 0.4) is 0 Å². The second-order valence-electron chi connectivity index (χ2n) is 3.52. The van der Waals surface area contributed by atoms with Crippen molar-refractivity contribution in [3.63, 3.8) is 0 Å². The molecule has 0 fully saturated rings. The van der Waals surface area contributed by atoms with Crippen molar-refractivity contribution < 1.29 is 29.6 Å². The zero-order valence-corrected chi connectivity index (χ0v) is 12.8. The summed E-state index contributed by atoms with van der Waals surface area (Å²) >= 11 is -0.115. The van der Waals surface area contributed by atoms with Gasteiger partial charge in [0.05, 0.1) is 0 Å². The first-order valence-corrected chi connectivity index (χ1v) is 10.3. The molecule has 0 N–H and O–H groups in total. The van der Waals surface area contributed by atoms with E-state index in [1.807, 2.05) is 6.07 Å². The van der Waals surface area contributed by atoms with Crippen molar-refractivity contribution in [1.29, 1.82) is 5.26 Å². The Morgan fingerprint density at radius 1 is 1.47 bits per heavy atom. The SMILES string of the molecule is CCS(=O)(=O)c1cccc(C(CC#N)[I-]C)c1. The fourth-order valence-corrected chi connectivity index (χ4v) is 4.15. The zero-order chi connectivity index (χ0) is 12.9. The molecule has 0 saturated carbocycles. The first-order valence-electron chi connectivity index (χ1n) is 5.22. The van der Waals surface area contributed by atoms with Crippen LogP contribution in [0.1, 0.15) is 22.8 Å². The summed E-state index contributed by atoms with van der Waals surface area (Å²) in [5.74, 6) is 0.112. The van der Waals surface area contributed by atoms with Crippen LogP contribution in [0.5, 0.6) is 0 Å². The van der Waals surface area contributed by atoms with Crippen LogP contribution in [0.2, 0.25) is 0 Å². The van der Waals surface area contributed by atoms with E-state index >= 15 is 0 Å². The summed E-state index contributed by atoms with van der Waals surface area (Å²) in [6.07, 6.45) is 0.472. The van der Waals surface area contributed by atoms with Crippen LogP contribution in [-0.4, -0.2) is 19.1 Å². The fourth-order valence-electron chi connectivity index (χ4n) is 1.47. The molecule has 5 heteroatoms. The molecule has 0 aliphatic carbocycles. The number of alkyl halides is 2. The molecule has 0 radical (unpaired) electrons. The first kappa shape index (κ1) is 14.5. The van der Waals surface area contributed by atoms with Gasteiger partial charge in [0.15, 0.2) is 0 Å². The topological polar surface area (TPSA) is 57.9 Å². The van der Waals surface area contributed by atoms with Gasteiger partial charge in [0.25, 0.3) is 0 Å². The molecule has 0 amide bonds. The van der Waals surface area contributed by atoms with Crippen molar-refractivity contribution >= 4 is 9.84 Å². The van der Waals surface area contributed by atoms with Crippen LogP contribution in [-0.2, 0) is 9.84 Å². The van der Waals surface area contributed by atoms with Gasteiger partial charge in [0, 0.05) is 0 Å². The number of halogens is 1. The van der Waals surface area contributed by atoms with Gasteiger partial charge in [-0.3, -0.25) is 0 Å². The Balaban J connectivity index is 3.14. The van der Waals surface area contributed by atoms with Gasteiger partial charge in [0.1, 0.15) is 0 Å². The monoisotopic (exact) mass is 364 g/mol.